The predicted octanol–water partition coefficient (Wildman–Crippen LogP) is 4.99. The second-order valence-electron chi connectivity index (χ2n) is 11.7. The third-order valence-corrected chi connectivity index (χ3v) is 11.3. The Kier molecular flexibility index (Phi) is 11.1. The van der Waals surface area contributed by atoms with Crippen molar-refractivity contribution in [2.45, 2.75) is 61.5 Å². The standard InChI is InChI=1S/C32H38Cl2FN5O4S/c1-20-16-37-17-25(40(20)45(42,43)26-9-6-24(34)7-10-26)8-11-27-28(35)18-38-19-29(27)39-32(41)31(36)30(22-12-14-44-15-13-22)21-2-4-23(33)5-3-21/h2-7,9-10,18-20,22,25,30-31,37H,8,11-17,36H2,1H3,(H,39,41)/t20-,25+,30?,31+/m1/s1. The monoisotopic (exact) mass is 677 g/mol. The zero-order chi connectivity index (χ0) is 32.1. The highest BCUT2D eigenvalue weighted by atomic mass is 35.5. The minimum Gasteiger partial charge on any atom is -0.381 e. The van der Waals surface area contributed by atoms with Crippen molar-refractivity contribution in [2.75, 3.05) is 31.6 Å². The molecule has 0 radical (unpaired) electrons. The van der Waals surface area contributed by atoms with E-state index in [0.29, 0.717) is 42.8 Å². The Balaban J connectivity index is 1.35. The molecule has 4 N–H and O–H groups in total. The maximum absolute atomic E-state index is 15.3. The highest BCUT2D eigenvalue weighted by molar-refractivity contribution is 7.89. The number of amides is 1. The first-order chi connectivity index (χ1) is 21.6. The number of nitrogens with two attached hydrogens (primary N) is 1. The molecule has 2 aliphatic heterocycles. The van der Waals surface area contributed by atoms with Crippen LogP contribution in [0.2, 0.25) is 10.0 Å². The molecular formula is C32H38Cl2FN5O4S. The molecule has 1 amide bonds. The van der Waals surface area contributed by atoms with Crippen molar-refractivity contribution in [2.24, 2.45) is 11.7 Å². The topological polar surface area (TPSA) is 127 Å². The van der Waals surface area contributed by atoms with Gasteiger partial charge >= 0.3 is 0 Å². The van der Waals surface area contributed by atoms with E-state index in [4.69, 9.17) is 33.7 Å². The average molecular weight is 679 g/mol. The number of nitrogens with one attached hydrogen (secondary N) is 2. The van der Waals surface area contributed by atoms with Gasteiger partial charge in [-0.2, -0.15) is 4.31 Å². The van der Waals surface area contributed by atoms with Crippen molar-refractivity contribution in [3.05, 3.63) is 87.9 Å². The molecule has 0 saturated carbocycles. The Bertz CT molecular complexity index is 1570. The van der Waals surface area contributed by atoms with Crippen molar-refractivity contribution in [3.8, 4) is 0 Å². The molecule has 4 atom stereocenters. The minimum atomic E-state index is -3.86. The molecule has 2 aliphatic rings. The van der Waals surface area contributed by atoms with E-state index in [9.17, 15) is 13.2 Å². The SMILES string of the molecule is C[C@@H]1CNC[C@H](CCc2c(F)cncc2NC(=O)[C@@H](N)C(c2ccc(Cl)cc2)C2CCOCC2)N1S(=O)(=O)c1ccc(Cl)cc1. The lowest BCUT2D eigenvalue weighted by Gasteiger charge is -2.40. The summed E-state index contributed by atoms with van der Waals surface area (Å²) >= 11 is 12.1. The minimum absolute atomic E-state index is 0.111. The van der Waals surface area contributed by atoms with Crippen LogP contribution in [-0.2, 0) is 26.0 Å². The smallest absolute Gasteiger partial charge is 0.243 e. The number of nitrogens with zero attached hydrogens (tertiary/aromatic N) is 2. The number of hydrogen-bond donors (Lipinski definition) is 3. The number of ether oxygens (including phenoxy) is 1. The Morgan fingerprint density at radius 3 is 2.40 bits per heavy atom. The van der Waals surface area contributed by atoms with Crippen LogP contribution >= 0.6 is 23.2 Å². The maximum atomic E-state index is 15.3. The van der Waals surface area contributed by atoms with Gasteiger partial charge in [-0.25, -0.2) is 12.8 Å². The van der Waals surface area contributed by atoms with Gasteiger partial charge in [0.15, 0.2) is 0 Å². The molecular weight excluding hydrogens is 640 g/mol. The number of aromatic nitrogens is 1. The fraction of sp³-hybridized carbons (Fsp3) is 0.438. The first-order valence-corrected chi connectivity index (χ1v) is 17.3. The largest absolute Gasteiger partial charge is 0.381 e. The molecule has 3 heterocycles. The summed E-state index contributed by atoms with van der Waals surface area (Å²) in [6.45, 7) is 3.88. The number of pyridine rings is 1. The first kappa shape index (κ1) is 33.7. The number of hydrogen-bond acceptors (Lipinski definition) is 7. The van der Waals surface area contributed by atoms with Crippen LogP contribution in [0.25, 0.3) is 0 Å². The first-order valence-electron chi connectivity index (χ1n) is 15.1. The van der Waals surface area contributed by atoms with Gasteiger partial charge < -0.3 is 21.1 Å². The Hall–Kier alpha value is -2.64. The maximum Gasteiger partial charge on any atom is 0.243 e. The number of rotatable bonds is 10. The molecule has 1 unspecified atom stereocenters. The normalized spacial score (nSPS) is 21.3. The van der Waals surface area contributed by atoms with E-state index in [1.54, 1.807) is 24.3 Å². The van der Waals surface area contributed by atoms with Gasteiger partial charge in [-0.1, -0.05) is 35.3 Å². The zero-order valence-electron chi connectivity index (χ0n) is 25.0. The van der Waals surface area contributed by atoms with Gasteiger partial charge in [0.2, 0.25) is 15.9 Å². The van der Waals surface area contributed by atoms with Gasteiger partial charge in [-0.15, -0.1) is 0 Å². The molecule has 0 spiro atoms. The molecule has 2 fully saturated rings. The summed E-state index contributed by atoms with van der Waals surface area (Å²) in [5.41, 5.74) is 7.99. The van der Waals surface area contributed by atoms with Crippen LogP contribution in [-0.4, -0.2) is 68.0 Å². The molecule has 242 valence electrons. The lowest BCUT2D eigenvalue weighted by molar-refractivity contribution is -0.118. The van der Waals surface area contributed by atoms with Crippen LogP contribution in [0.4, 0.5) is 10.1 Å². The third-order valence-electron chi connectivity index (χ3n) is 8.71. The summed E-state index contributed by atoms with van der Waals surface area (Å²) in [4.78, 5) is 17.8. The number of benzene rings is 2. The van der Waals surface area contributed by atoms with Crippen molar-refractivity contribution < 1.29 is 22.3 Å². The van der Waals surface area contributed by atoms with Crippen molar-refractivity contribution in [1.82, 2.24) is 14.6 Å². The summed E-state index contributed by atoms with van der Waals surface area (Å²) in [5.74, 6) is -1.25. The van der Waals surface area contributed by atoms with Gasteiger partial charge in [-0.3, -0.25) is 9.78 Å². The molecule has 13 heteroatoms. The van der Waals surface area contributed by atoms with Crippen LogP contribution in [0, 0.1) is 11.7 Å². The van der Waals surface area contributed by atoms with Gasteiger partial charge in [0.1, 0.15) is 5.82 Å². The summed E-state index contributed by atoms with van der Waals surface area (Å²) in [6, 6.07) is 11.6. The summed E-state index contributed by atoms with van der Waals surface area (Å²) in [5, 5.41) is 7.14. The fourth-order valence-electron chi connectivity index (χ4n) is 6.44. The van der Waals surface area contributed by atoms with Gasteiger partial charge in [0, 0.05) is 59.9 Å². The molecule has 5 rings (SSSR count). The number of piperazine rings is 1. The zero-order valence-corrected chi connectivity index (χ0v) is 27.3. The van der Waals surface area contributed by atoms with E-state index in [0.717, 1.165) is 24.6 Å². The molecule has 0 bridgehead atoms. The molecule has 3 aromatic rings. The van der Waals surface area contributed by atoms with Gasteiger partial charge in [0.25, 0.3) is 0 Å². The van der Waals surface area contributed by atoms with E-state index in [2.05, 4.69) is 15.6 Å². The van der Waals surface area contributed by atoms with E-state index in [1.165, 1.54) is 22.6 Å². The lowest BCUT2D eigenvalue weighted by atomic mass is 9.76. The van der Waals surface area contributed by atoms with Gasteiger partial charge in [-0.05, 0) is 80.5 Å². The van der Waals surface area contributed by atoms with Gasteiger partial charge in [0.05, 0.1) is 29.0 Å². The molecule has 9 nitrogen and oxygen atoms in total. The quantitative estimate of drug-likeness (QED) is 0.276. The van der Waals surface area contributed by atoms with E-state index < -0.39 is 33.8 Å². The molecule has 0 aliphatic carbocycles. The summed E-state index contributed by atoms with van der Waals surface area (Å²) in [7, 11) is -3.86. The number of carbonyl (C=O) groups excluding carboxylic acids is 1. The number of sulfonamides is 1. The molecule has 2 aromatic carbocycles. The van der Waals surface area contributed by atoms with Crippen LogP contribution < -0.4 is 16.4 Å². The Labute approximate surface area is 273 Å². The molecule has 45 heavy (non-hydrogen) atoms. The van der Waals surface area contributed by atoms with Crippen molar-refractivity contribution >= 4 is 44.8 Å². The van der Waals surface area contributed by atoms with Crippen molar-refractivity contribution in [3.63, 3.8) is 0 Å². The van der Waals surface area contributed by atoms with E-state index in [-0.39, 0.29) is 40.4 Å². The Morgan fingerprint density at radius 2 is 1.73 bits per heavy atom. The average Bonchev–Trinajstić information content (AvgIpc) is 3.02. The summed E-state index contributed by atoms with van der Waals surface area (Å²) in [6.07, 6.45) is 4.46. The number of carbonyl (C=O) groups is 1. The van der Waals surface area contributed by atoms with E-state index in [1.807, 2.05) is 19.1 Å². The van der Waals surface area contributed by atoms with Crippen LogP contribution in [0.1, 0.15) is 43.2 Å². The molecule has 2 saturated heterocycles. The third kappa shape index (κ3) is 7.85. The van der Waals surface area contributed by atoms with E-state index >= 15 is 4.39 Å². The summed E-state index contributed by atoms with van der Waals surface area (Å²) < 4.78 is 49.7. The van der Waals surface area contributed by atoms with Crippen LogP contribution in [0.5, 0.6) is 0 Å². The second kappa shape index (κ2) is 14.8. The molecule has 1 aromatic heterocycles. The number of halogens is 3. The Morgan fingerprint density at radius 1 is 1.09 bits per heavy atom. The van der Waals surface area contributed by atoms with Crippen LogP contribution in [0.3, 0.4) is 0 Å². The highest BCUT2D eigenvalue weighted by Crippen LogP contribution is 2.36. The van der Waals surface area contributed by atoms with Crippen molar-refractivity contribution in [1.29, 1.82) is 0 Å². The van der Waals surface area contributed by atoms with Crippen LogP contribution in [0.15, 0.2) is 65.8 Å². The lowest BCUT2D eigenvalue weighted by Crippen LogP contribution is -2.58. The predicted molar refractivity (Wildman–Crippen MR) is 173 cm³/mol. The second-order valence-corrected chi connectivity index (χ2v) is 14.4. The highest BCUT2D eigenvalue weighted by Gasteiger charge is 2.38. The fourth-order valence-corrected chi connectivity index (χ4v) is 8.53. The number of anilines is 1.